The van der Waals surface area contributed by atoms with Gasteiger partial charge in [-0.3, -0.25) is 9.59 Å². The van der Waals surface area contributed by atoms with Crippen molar-refractivity contribution in [2.24, 2.45) is 76.6 Å². The van der Waals surface area contributed by atoms with Gasteiger partial charge in [-0.05, 0) is 162 Å². The summed E-state index contributed by atoms with van der Waals surface area (Å²) in [6, 6.07) is 125. The van der Waals surface area contributed by atoms with Gasteiger partial charge in [0.25, 0.3) is 0 Å². The van der Waals surface area contributed by atoms with Gasteiger partial charge in [0, 0.05) is 49.7 Å². The van der Waals surface area contributed by atoms with E-state index in [1.807, 2.05) is 155 Å². The third kappa shape index (κ3) is 48.2. The molecule has 0 radical (unpaired) electrons. The van der Waals surface area contributed by atoms with E-state index < -0.39 is 0 Å². The van der Waals surface area contributed by atoms with Crippen LogP contribution in [0.5, 0.6) is 0 Å². The molecule has 2 amide bonds. The Bertz CT molecular complexity index is 4450. The zero-order chi connectivity index (χ0) is 104. The molecular weight excluding hydrogens is 1710 g/mol. The summed E-state index contributed by atoms with van der Waals surface area (Å²) in [7, 11) is 3.52. The van der Waals surface area contributed by atoms with Gasteiger partial charge in [-0.2, -0.15) is 0 Å². The summed E-state index contributed by atoms with van der Waals surface area (Å²) in [4.78, 5) is 22.3. The Balaban J connectivity index is 0.000000521. The van der Waals surface area contributed by atoms with E-state index in [0.29, 0.717) is 64.6 Å². The molecule has 12 rings (SSSR count). The summed E-state index contributed by atoms with van der Waals surface area (Å²) >= 11 is 0. The lowest BCUT2D eigenvalue weighted by atomic mass is 9.75. The van der Waals surface area contributed by atoms with Crippen LogP contribution in [0.15, 0.2) is 364 Å². The molecule has 0 heterocycles. The van der Waals surface area contributed by atoms with Gasteiger partial charge >= 0.3 is 0 Å². The normalized spacial score (nSPS) is 12.8. The number of primary amides is 2. The number of hydrogen-bond donors (Lipinski definition) is 5. The third-order valence-corrected chi connectivity index (χ3v) is 26.6. The van der Waals surface area contributed by atoms with Crippen molar-refractivity contribution in [3.8, 4) is 0 Å². The molecule has 0 aromatic heterocycles. The van der Waals surface area contributed by atoms with Gasteiger partial charge in [-0.15, -0.1) is 0 Å². The number of carbonyl (C=O) groups excluding carboxylic acids is 2. The van der Waals surface area contributed by atoms with Crippen LogP contribution in [-0.4, -0.2) is 74.4 Å². The highest BCUT2D eigenvalue weighted by Crippen LogP contribution is 2.36. The molecule has 0 aliphatic heterocycles. The molecule has 12 aromatic rings. The maximum Gasteiger partial charge on any atom is 0.225 e. The van der Waals surface area contributed by atoms with Crippen molar-refractivity contribution in [2.75, 3.05) is 47.3 Å². The predicted molar refractivity (Wildman–Crippen MR) is 604 cm³/mol. The molecule has 0 saturated heterocycles. The van der Waals surface area contributed by atoms with Crippen LogP contribution in [-0.2, 0) is 24.5 Å². The number of ether oxygens (including phenoxy) is 2. The lowest BCUT2D eigenvalue weighted by Crippen LogP contribution is -2.25. The van der Waals surface area contributed by atoms with Crippen molar-refractivity contribution in [3.05, 3.63) is 431 Å². The van der Waals surface area contributed by atoms with E-state index >= 15 is 0 Å². The largest absolute Gasteiger partial charge is 0.396 e. The van der Waals surface area contributed by atoms with Crippen molar-refractivity contribution >= 4 is 11.8 Å². The average molecular weight is 1900 g/mol. The third-order valence-electron chi connectivity index (χ3n) is 26.6. The van der Waals surface area contributed by atoms with Gasteiger partial charge in [0.05, 0.1) is 44.9 Å². The van der Waals surface area contributed by atoms with E-state index in [1.54, 1.807) is 14.2 Å². The number of rotatable bonds is 34. The van der Waals surface area contributed by atoms with Crippen molar-refractivity contribution in [2.45, 2.75) is 257 Å². The Kier molecular flexibility index (Phi) is 65.1. The minimum Gasteiger partial charge on any atom is -0.396 e. The highest BCUT2D eigenvalue weighted by molar-refractivity contribution is 5.82. The van der Waals surface area contributed by atoms with E-state index in [4.69, 9.17) is 36.3 Å². The van der Waals surface area contributed by atoms with Crippen molar-refractivity contribution < 1.29 is 34.4 Å². The maximum atomic E-state index is 11.2. The number of carbonyl (C=O) groups is 2. The molecule has 9 atom stereocenters. The topological polar surface area (TPSA) is 165 Å². The molecule has 9 nitrogen and oxygen atoms in total. The number of nitrogens with two attached hydrogens (primary N) is 2. The van der Waals surface area contributed by atoms with Crippen LogP contribution in [0.25, 0.3) is 0 Å². The van der Waals surface area contributed by atoms with Gasteiger partial charge in [-0.1, -0.05) is 544 Å². The molecule has 12 aromatic carbocycles. The summed E-state index contributed by atoms with van der Waals surface area (Å²) in [6.07, 6.45) is 2.48. The Morgan fingerprint density at radius 3 is 0.543 bits per heavy atom. The first-order chi connectivity index (χ1) is 66.9. The highest BCUT2D eigenvalue weighted by Gasteiger charge is 2.27. The first-order valence-corrected chi connectivity index (χ1v) is 51.9. The Hall–Kier alpha value is -10.6. The van der Waals surface area contributed by atoms with Crippen LogP contribution in [0.1, 0.15) is 319 Å². The number of amides is 2. The van der Waals surface area contributed by atoms with Crippen LogP contribution in [0, 0.1) is 65.1 Å². The minimum atomic E-state index is -0.249. The summed E-state index contributed by atoms with van der Waals surface area (Å²) in [5.41, 5.74) is 26.6. The molecule has 1 unspecified atom stereocenters. The van der Waals surface area contributed by atoms with Gasteiger partial charge < -0.3 is 36.3 Å². The van der Waals surface area contributed by atoms with Gasteiger partial charge in [0.2, 0.25) is 11.8 Å². The fourth-order valence-electron chi connectivity index (χ4n) is 17.5. The monoisotopic (exact) mass is 1900 g/mol. The zero-order valence-corrected chi connectivity index (χ0v) is 91.3. The molecule has 0 fully saturated rings. The molecular formula is C131H186N2O7. The van der Waals surface area contributed by atoms with E-state index in [-0.39, 0.29) is 73.1 Å². The fourth-order valence-corrected chi connectivity index (χ4v) is 17.5. The number of aliphatic hydroxyl groups excluding tert-OH is 3. The maximum absolute atomic E-state index is 11.2. The molecule has 9 heteroatoms. The SMILES string of the molecule is CC(C)C(C)(C)c1ccccc1.CC(C)C(CO)c1ccccc1.CC(C)C(c1ccccc1)c1ccccc1.CC(C)[C@@H](C(N)=O)c1ccccc1.CC(C)[C@@H](CO)c1ccccc1.CC(C)[C@H](C(N)=O)c1ccccc1.CC(C)[C@H](CO)c1ccccc1.CC[C@@H](c1ccccc1)C(C)C.CC[C@H](c1ccccc1)C(C)C.COC[C@@H](c1ccccc1)C(C)C.COC[C@H](c1ccccc1)C(C)C. The molecule has 0 spiro atoms. The Morgan fingerprint density at radius 2 is 0.400 bits per heavy atom. The first-order valence-electron chi connectivity index (χ1n) is 51.9. The highest BCUT2D eigenvalue weighted by atomic mass is 16.5. The molecule has 7 N–H and O–H groups in total. The lowest BCUT2D eigenvalue weighted by Gasteiger charge is -2.29. The number of benzene rings is 12. The van der Waals surface area contributed by atoms with E-state index in [1.165, 1.54) is 68.5 Å². The number of aliphatic hydroxyl groups is 3. The van der Waals surface area contributed by atoms with Crippen LogP contribution in [0.4, 0.5) is 0 Å². The zero-order valence-electron chi connectivity index (χ0n) is 91.3. The van der Waals surface area contributed by atoms with E-state index in [2.05, 4.69) is 389 Å². The molecule has 0 bridgehead atoms. The minimum absolute atomic E-state index is 0.166. The number of methoxy groups -OCH3 is 2. The molecule has 0 aliphatic rings. The summed E-state index contributed by atoms with van der Waals surface area (Å²) < 4.78 is 10.4. The van der Waals surface area contributed by atoms with Crippen LogP contribution >= 0.6 is 0 Å². The molecule has 762 valence electrons. The lowest BCUT2D eigenvalue weighted by molar-refractivity contribution is -0.121. The smallest absolute Gasteiger partial charge is 0.225 e. The first kappa shape index (κ1) is 125. The predicted octanol–water partition coefficient (Wildman–Crippen LogP) is 33.0. The van der Waals surface area contributed by atoms with Crippen molar-refractivity contribution in [1.82, 2.24) is 0 Å². The summed E-state index contributed by atoms with van der Waals surface area (Å²) in [6.45, 7) is 59.5. The Morgan fingerprint density at radius 1 is 0.236 bits per heavy atom. The van der Waals surface area contributed by atoms with Crippen LogP contribution in [0.3, 0.4) is 0 Å². The van der Waals surface area contributed by atoms with Crippen molar-refractivity contribution in [3.63, 3.8) is 0 Å². The molecule has 140 heavy (non-hydrogen) atoms. The molecule has 0 saturated carbocycles. The summed E-state index contributed by atoms with van der Waals surface area (Å²) in [5, 5.41) is 27.4. The van der Waals surface area contributed by atoms with Gasteiger partial charge in [0.15, 0.2) is 0 Å². The average Bonchev–Trinajstić information content (AvgIpc) is 0.837. The second-order valence-electron chi connectivity index (χ2n) is 41.0. The quantitative estimate of drug-likeness (QED) is 0.0268. The van der Waals surface area contributed by atoms with E-state index in [0.717, 1.165) is 48.0 Å². The van der Waals surface area contributed by atoms with E-state index in [9.17, 15) is 9.59 Å². The second kappa shape index (κ2) is 72.6. The standard InChI is InChI=1S/C16H18.2C12H18O.3C12H18.2C11H15NO.3C11H16O/c1-13(2)16(14-9-5-3-6-10-14)15-11-7-4-8-12-15;2*1-10(2)12(9-13-3)11-7-5-4-6-8-11;1-10(2)12(3,4)11-8-6-5-7-9-11;2*1-4-12(10(2)3)11-8-6-5-7-9-11;2*1-8(2)10(11(12)13)9-6-4-3-5-7-9;3*1-9(2)11(8-12)10-6-4-3-5-7-10/h3-13,16H,1-2H3;2*4-8,10,12H,9H2,1-3H3;5-10H,1-4H3;2*5-10,12H,4H2,1-3H3;2*3-8,10H,1-2H3,(H2,12,13);3*3-7,9,11-12H,8H2,1-2H3/t;2*12-;;2*12-;2*10-;2*11-;/m.10.101010./s1. The fraction of sp³-hybridized carbons (Fsp3) is 0.435. The second-order valence-corrected chi connectivity index (χ2v) is 41.0. The van der Waals surface area contributed by atoms with Crippen LogP contribution < -0.4 is 11.5 Å². The van der Waals surface area contributed by atoms with Gasteiger partial charge in [-0.25, -0.2) is 0 Å². The summed E-state index contributed by atoms with van der Waals surface area (Å²) in [5.74, 6) is 9.06. The van der Waals surface area contributed by atoms with Crippen molar-refractivity contribution in [1.29, 1.82) is 0 Å². The Labute approximate surface area is 852 Å². The van der Waals surface area contributed by atoms with Crippen LogP contribution in [0.2, 0.25) is 0 Å². The van der Waals surface area contributed by atoms with Gasteiger partial charge in [0.1, 0.15) is 0 Å². The number of hydrogen-bond acceptors (Lipinski definition) is 7. The molecule has 0 aliphatic carbocycles.